The van der Waals surface area contributed by atoms with Crippen LogP contribution >= 0.6 is 0 Å². The van der Waals surface area contributed by atoms with Gasteiger partial charge in [0, 0.05) is 5.41 Å². The monoisotopic (exact) mass is 234 g/mol. The Morgan fingerprint density at radius 2 is 1.78 bits per heavy atom. The topological polar surface area (TPSA) is 0 Å². The highest BCUT2D eigenvalue weighted by molar-refractivity contribution is 5.87. The fraction of sp³-hybridized carbons (Fsp3) is 0.222. The van der Waals surface area contributed by atoms with Crippen LogP contribution in [0.5, 0.6) is 0 Å². The van der Waals surface area contributed by atoms with E-state index in [0.29, 0.717) is 0 Å². The Bertz CT molecular complexity index is 641. The number of benzene rings is 2. The summed E-state index contributed by atoms with van der Waals surface area (Å²) in [5, 5.41) is 2.70. The molecule has 2 aromatic carbocycles. The van der Waals surface area contributed by atoms with Crippen molar-refractivity contribution in [2.45, 2.75) is 25.7 Å². The van der Waals surface area contributed by atoms with Gasteiger partial charge in [-0.05, 0) is 29.7 Å². The van der Waals surface area contributed by atoms with Crippen molar-refractivity contribution in [3.05, 3.63) is 71.8 Å². The second-order valence-corrected chi connectivity index (χ2v) is 5.43. The van der Waals surface area contributed by atoms with Crippen LogP contribution in [0.1, 0.15) is 25.8 Å². The molecular weight excluding hydrogens is 216 g/mol. The molecule has 0 spiro atoms. The molecule has 0 N–H and O–H groups in total. The Labute approximate surface area is 109 Å². The van der Waals surface area contributed by atoms with Crippen molar-refractivity contribution < 1.29 is 0 Å². The Kier molecular flexibility index (Phi) is 2.59. The first kappa shape index (κ1) is 11.3. The van der Waals surface area contributed by atoms with E-state index in [9.17, 15) is 0 Å². The van der Waals surface area contributed by atoms with Gasteiger partial charge in [-0.15, -0.1) is 0 Å². The summed E-state index contributed by atoms with van der Waals surface area (Å²) in [6.07, 6.45) is 8.01. The van der Waals surface area contributed by atoms with Crippen molar-refractivity contribution in [1.29, 1.82) is 0 Å². The Balaban J connectivity index is 2.18. The van der Waals surface area contributed by atoms with E-state index in [4.69, 9.17) is 0 Å². The van der Waals surface area contributed by atoms with Crippen molar-refractivity contribution in [3.8, 4) is 0 Å². The van der Waals surface area contributed by atoms with Gasteiger partial charge in [-0.2, -0.15) is 0 Å². The standard InChI is InChI=1S/C18H18/c1-14-10-12-18(2,13-11-14)17-9-5-7-15-6-3-4-8-16(15)17/h3-12H,13H2,1-2H3. The molecule has 3 rings (SSSR count). The summed E-state index contributed by atoms with van der Waals surface area (Å²) in [4.78, 5) is 0. The lowest BCUT2D eigenvalue weighted by atomic mass is 9.74. The second kappa shape index (κ2) is 4.13. The molecule has 0 radical (unpaired) electrons. The normalized spacial score (nSPS) is 23.1. The molecule has 0 amide bonds. The van der Waals surface area contributed by atoms with Gasteiger partial charge in [0.2, 0.25) is 0 Å². The smallest absolute Gasteiger partial charge is 0.0147 e. The highest BCUT2D eigenvalue weighted by atomic mass is 14.3. The number of fused-ring (bicyclic) bond motifs is 1. The second-order valence-electron chi connectivity index (χ2n) is 5.43. The number of hydrogen-bond acceptors (Lipinski definition) is 0. The summed E-state index contributed by atoms with van der Waals surface area (Å²) in [6.45, 7) is 4.49. The lowest BCUT2D eigenvalue weighted by Crippen LogP contribution is -2.20. The predicted octanol–water partition coefficient (Wildman–Crippen LogP) is 5.00. The maximum Gasteiger partial charge on any atom is 0.0147 e. The van der Waals surface area contributed by atoms with E-state index in [2.05, 4.69) is 74.5 Å². The van der Waals surface area contributed by atoms with Crippen LogP contribution in [0.15, 0.2) is 66.3 Å². The van der Waals surface area contributed by atoms with Gasteiger partial charge in [-0.1, -0.05) is 73.2 Å². The number of hydrogen-bond donors (Lipinski definition) is 0. The summed E-state index contributed by atoms with van der Waals surface area (Å²) in [6, 6.07) is 15.3. The Hall–Kier alpha value is -1.82. The molecule has 0 saturated heterocycles. The molecule has 1 aliphatic carbocycles. The zero-order valence-corrected chi connectivity index (χ0v) is 11.0. The van der Waals surface area contributed by atoms with Crippen LogP contribution in [-0.2, 0) is 5.41 Å². The van der Waals surface area contributed by atoms with Crippen LogP contribution < -0.4 is 0 Å². The molecule has 0 heteroatoms. The highest BCUT2D eigenvalue weighted by Crippen LogP contribution is 2.37. The number of allylic oxidation sites excluding steroid dienone is 4. The van der Waals surface area contributed by atoms with Crippen molar-refractivity contribution in [1.82, 2.24) is 0 Å². The van der Waals surface area contributed by atoms with Gasteiger partial charge in [0.25, 0.3) is 0 Å². The van der Waals surface area contributed by atoms with Gasteiger partial charge in [0.1, 0.15) is 0 Å². The third-order valence-electron chi connectivity index (χ3n) is 3.97. The molecule has 0 fully saturated rings. The summed E-state index contributed by atoms with van der Waals surface area (Å²) in [5.41, 5.74) is 2.92. The van der Waals surface area contributed by atoms with Crippen molar-refractivity contribution in [3.63, 3.8) is 0 Å². The minimum atomic E-state index is 0.125. The quantitative estimate of drug-likeness (QED) is 0.651. The van der Waals surface area contributed by atoms with Crippen molar-refractivity contribution in [2.75, 3.05) is 0 Å². The van der Waals surface area contributed by atoms with Crippen LogP contribution in [0.25, 0.3) is 10.8 Å². The maximum atomic E-state index is 2.35. The SMILES string of the molecule is CC1=CCC(C)(c2cccc3ccccc23)C=C1. The average molecular weight is 234 g/mol. The lowest BCUT2D eigenvalue weighted by Gasteiger charge is -2.29. The van der Waals surface area contributed by atoms with E-state index >= 15 is 0 Å². The molecule has 1 atom stereocenters. The molecule has 2 aromatic rings. The largest absolute Gasteiger partial charge is 0.0804 e. The first-order valence-electron chi connectivity index (χ1n) is 6.53. The third kappa shape index (κ3) is 1.78. The molecule has 0 saturated carbocycles. The van der Waals surface area contributed by atoms with E-state index in [0.717, 1.165) is 6.42 Å². The lowest BCUT2D eigenvalue weighted by molar-refractivity contribution is 0.602. The molecule has 1 aliphatic rings. The zero-order chi connectivity index (χ0) is 12.6. The van der Waals surface area contributed by atoms with E-state index in [1.165, 1.54) is 21.9 Å². The maximum absolute atomic E-state index is 2.35. The molecule has 1 unspecified atom stereocenters. The van der Waals surface area contributed by atoms with Crippen LogP contribution in [0.4, 0.5) is 0 Å². The highest BCUT2D eigenvalue weighted by Gasteiger charge is 2.25. The van der Waals surface area contributed by atoms with Crippen molar-refractivity contribution in [2.24, 2.45) is 0 Å². The molecule has 0 heterocycles. The first-order chi connectivity index (χ1) is 8.69. The van der Waals surface area contributed by atoms with E-state index in [-0.39, 0.29) is 5.41 Å². The van der Waals surface area contributed by atoms with E-state index in [1.807, 2.05) is 0 Å². The predicted molar refractivity (Wildman–Crippen MR) is 78.8 cm³/mol. The fourth-order valence-corrected chi connectivity index (χ4v) is 2.75. The summed E-state index contributed by atoms with van der Waals surface area (Å²) in [7, 11) is 0. The molecule has 0 aliphatic heterocycles. The molecule has 18 heavy (non-hydrogen) atoms. The van der Waals surface area contributed by atoms with E-state index < -0.39 is 0 Å². The average Bonchev–Trinajstić information content (AvgIpc) is 2.42. The van der Waals surface area contributed by atoms with Crippen LogP contribution in [0, 0.1) is 0 Å². The van der Waals surface area contributed by atoms with Gasteiger partial charge >= 0.3 is 0 Å². The van der Waals surface area contributed by atoms with Crippen molar-refractivity contribution >= 4 is 10.8 Å². The molecule has 0 aromatic heterocycles. The fourth-order valence-electron chi connectivity index (χ4n) is 2.75. The van der Waals surface area contributed by atoms with E-state index in [1.54, 1.807) is 0 Å². The zero-order valence-electron chi connectivity index (χ0n) is 11.0. The summed E-state index contributed by atoms with van der Waals surface area (Å²) < 4.78 is 0. The van der Waals surface area contributed by atoms with Gasteiger partial charge in [0.15, 0.2) is 0 Å². The Morgan fingerprint density at radius 3 is 2.56 bits per heavy atom. The Morgan fingerprint density at radius 1 is 1.00 bits per heavy atom. The molecule has 90 valence electrons. The minimum Gasteiger partial charge on any atom is -0.0804 e. The van der Waals surface area contributed by atoms with Crippen LogP contribution in [-0.4, -0.2) is 0 Å². The third-order valence-corrected chi connectivity index (χ3v) is 3.97. The molecular formula is C18H18. The summed E-state index contributed by atoms with van der Waals surface area (Å²) >= 11 is 0. The first-order valence-corrected chi connectivity index (χ1v) is 6.53. The molecule has 0 bridgehead atoms. The number of rotatable bonds is 1. The van der Waals surface area contributed by atoms with Crippen LogP contribution in [0.2, 0.25) is 0 Å². The molecule has 0 nitrogen and oxygen atoms in total. The van der Waals surface area contributed by atoms with Gasteiger partial charge in [-0.3, -0.25) is 0 Å². The van der Waals surface area contributed by atoms with Crippen LogP contribution in [0.3, 0.4) is 0 Å². The summed E-state index contributed by atoms with van der Waals surface area (Å²) in [5.74, 6) is 0. The minimum absolute atomic E-state index is 0.125. The van der Waals surface area contributed by atoms with Gasteiger partial charge in [0.05, 0.1) is 0 Å². The van der Waals surface area contributed by atoms with Gasteiger partial charge in [-0.25, -0.2) is 0 Å². The van der Waals surface area contributed by atoms with Gasteiger partial charge < -0.3 is 0 Å².